The van der Waals surface area contributed by atoms with Crippen molar-refractivity contribution < 1.29 is 46.7 Å². The molecule has 0 N–H and O–H groups in total. The minimum atomic E-state index is -4.62. The summed E-state index contributed by atoms with van der Waals surface area (Å²) < 4.78 is 37.4. The van der Waals surface area contributed by atoms with E-state index in [1.807, 2.05) is 0 Å². The average molecular weight is 581 g/mol. The van der Waals surface area contributed by atoms with Crippen LogP contribution >= 0.6 is 0 Å². The molecule has 0 aromatic carbocycles. The molecule has 39 heavy (non-hydrogen) atoms. The zero-order valence-corrected chi connectivity index (χ0v) is 29.4. The van der Waals surface area contributed by atoms with Gasteiger partial charge in [-0.25, -0.2) is 8.42 Å². The molecular weight excluding hydrogens is 515 g/mol. The Morgan fingerprint density at radius 1 is 0.564 bits per heavy atom. The van der Waals surface area contributed by atoms with Crippen LogP contribution in [-0.2, 0) is 14.6 Å². The largest absolute Gasteiger partial charge is 1.00 e. The molecule has 0 radical (unpaired) electrons. The molecule has 0 heterocycles. The molecule has 1 atom stereocenters. The molecule has 0 saturated carbocycles. The van der Waals surface area contributed by atoms with Crippen molar-refractivity contribution in [2.24, 2.45) is 5.92 Å². The summed E-state index contributed by atoms with van der Waals surface area (Å²) in [7, 11) is -4.62. The SMILES string of the molecule is CCCCCCCCCCCCCCC/C=C/C(CCCCCCCCCCCCCC)COS(=O)(=O)[O-].[Na+]. The first kappa shape index (κ1) is 41.7. The van der Waals surface area contributed by atoms with Gasteiger partial charge in [0, 0.05) is 5.92 Å². The normalized spacial score (nSPS) is 12.7. The number of unbranched alkanes of at least 4 members (excludes halogenated alkanes) is 24. The van der Waals surface area contributed by atoms with Gasteiger partial charge in [0.1, 0.15) is 0 Å². The maximum absolute atomic E-state index is 10.9. The Hall–Kier alpha value is 0.610. The second-order valence-electron chi connectivity index (χ2n) is 11.6. The van der Waals surface area contributed by atoms with Crippen LogP contribution < -0.4 is 29.6 Å². The number of allylic oxidation sites excluding steroid dienone is 1. The second-order valence-corrected chi connectivity index (χ2v) is 12.6. The molecule has 0 spiro atoms. The number of hydrogen-bond acceptors (Lipinski definition) is 4. The van der Waals surface area contributed by atoms with Gasteiger partial charge < -0.3 is 4.55 Å². The van der Waals surface area contributed by atoms with Crippen LogP contribution in [0.1, 0.15) is 187 Å². The van der Waals surface area contributed by atoms with Gasteiger partial charge >= 0.3 is 29.6 Å². The molecule has 6 heteroatoms. The minimum Gasteiger partial charge on any atom is -0.726 e. The summed E-state index contributed by atoms with van der Waals surface area (Å²) in [4.78, 5) is 0. The van der Waals surface area contributed by atoms with Crippen LogP contribution in [0.15, 0.2) is 12.2 Å². The summed E-state index contributed by atoms with van der Waals surface area (Å²) >= 11 is 0. The molecule has 0 rings (SSSR count). The van der Waals surface area contributed by atoms with Crippen molar-refractivity contribution in [2.45, 2.75) is 187 Å². The molecule has 0 aromatic heterocycles. The first-order valence-corrected chi connectivity index (χ1v) is 18.1. The molecule has 0 fully saturated rings. The van der Waals surface area contributed by atoms with E-state index in [9.17, 15) is 13.0 Å². The second kappa shape index (κ2) is 33.1. The zero-order valence-electron chi connectivity index (χ0n) is 26.6. The fourth-order valence-electron chi connectivity index (χ4n) is 5.22. The average Bonchev–Trinajstić information content (AvgIpc) is 2.89. The van der Waals surface area contributed by atoms with Crippen molar-refractivity contribution in [2.75, 3.05) is 6.61 Å². The van der Waals surface area contributed by atoms with Crippen LogP contribution in [-0.4, -0.2) is 19.6 Å². The predicted molar refractivity (Wildman–Crippen MR) is 164 cm³/mol. The summed E-state index contributed by atoms with van der Waals surface area (Å²) in [6.07, 6.45) is 39.5. The van der Waals surface area contributed by atoms with Crippen LogP contribution in [0.25, 0.3) is 0 Å². The Morgan fingerprint density at radius 2 is 0.897 bits per heavy atom. The quantitative estimate of drug-likeness (QED) is 0.0272. The van der Waals surface area contributed by atoms with Crippen molar-refractivity contribution in [1.29, 1.82) is 0 Å². The summed E-state index contributed by atoms with van der Waals surface area (Å²) in [5, 5.41) is 0. The molecule has 0 aliphatic rings. The van der Waals surface area contributed by atoms with E-state index < -0.39 is 10.4 Å². The Kier molecular flexibility index (Phi) is 35.4. The van der Waals surface area contributed by atoms with Gasteiger partial charge in [0.2, 0.25) is 10.4 Å². The number of hydrogen-bond donors (Lipinski definition) is 0. The van der Waals surface area contributed by atoms with Crippen molar-refractivity contribution in [3.8, 4) is 0 Å². The Morgan fingerprint density at radius 3 is 1.26 bits per heavy atom. The standard InChI is InChI=1S/C33H66O4S.Na/c1-3-5-7-9-11-13-15-17-18-19-21-23-25-27-29-31-33(32-37-38(34,35)36)30-28-26-24-22-20-16-14-12-10-8-6-4-2;/h29,31,33H,3-28,30,32H2,1-2H3,(H,34,35,36);/q;+1/p-1/b31-29+;. The Balaban J connectivity index is 0. The molecule has 4 nitrogen and oxygen atoms in total. The fraction of sp³-hybridized carbons (Fsp3) is 0.939. The van der Waals surface area contributed by atoms with Crippen molar-refractivity contribution in [3.05, 3.63) is 12.2 Å². The van der Waals surface area contributed by atoms with Gasteiger partial charge in [0.05, 0.1) is 6.61 Å². The van der Waals surface area contributed by atoms with Crippen LogP contribution in [0, 0.1) is 5.92 Å². The monoisotopic (exact) mass is 580 g/mol. The van der Waals surface area contributed by atoms with Gasteiger partial charge in [-0.05, 0) is 19.3 Å². The predicted octanol–water partition coefficient (Wildman–Crippen LogP) is 8.21. The molecule has 0 aromatic rings. The smallest absolute Gasteiger partial charge is 0.726 e. The van der Waals surface area contributed by atoms with Gasteiger partial charge in [-0.15, -0.1) is 0 Å². The molecule has 1 unspecified atom stereocenters. The third kappa shape index (κ3) is 36.6. The van der Waals surface area contributed by atoms with E-state index >= 15 is 0 Å². The van der Waals surface area contributed by atoms with E-state index in [-0.39, 0.29) is 42.1 Å². The van der Waals surface area contributed by atoms with Gasteiger partial charge in [-0.3, -0.25) is 4.18 Å². The van der Waals surface area contributed by atoms with Crippen LogP contribution in [0.3, 0.4) is 0 Å². The van der Waals surface area contributed by atoms with Gasteiger partial charge in [-0.1, -0.05) is 180 Å². The number of rotatable bonds is 31. The Bertz CT molecular complexity index is 595. The van der Waals surface area contributed by atoms with E-state index in [4.69, 9.17) is 0 Å². The van der Waals surface area contributed by atoms with E-state index in [0.717, 1.165) is 19.3 Å². The van der Waals surface area contributed by atoms with E-state index in [1.54, 1.807) is 0 Å². The third-order valence-corrected chi connectivity index (χ3v) is 8.16. The molecule has 0 saturated heterocycles. The van der Waals surface area contributed by atoms with Crippen LogP contribution in [0.5, 0.6) is 0 Å². The summed E-state index contributed by atoms with van der Waals surface area (Å²) in [6, 6.07) is 0. The molecule has 0 bridgehead atoms. The fourth-order valence-corrected chi connectivity index (χ4v) is 5.56. The Labute approximate surface area is 267 Å². The van der Waals surface area contributed by atoms with E-state index in [0.29, 0.717) is 0 Å². The molecular formula is C33H65NaO4S. The minimum absolute atomic E-state index is 0. The maximum Gasteiger partial charge on any atom is 1.00 e. The van der Waals surface area contributed by atoms with E-state index in [2.05, 4.69) is 30.2 Å². The summed E-state index contributed by atoms with van der Waals surface area (Å²) in [5.41, 5.74) is 0. The van der Waals surface area contributed by atoms with Crippen molar-refractivity contribution in [1.82, 2.24) is 0 Å². The third-order valence-electron chi connectivity index (χ3n) is 7.74. The first-order chi connectivity index (χ1) is 18.5. The van der Waals surface area contributed by atoms with Gasteiger partial charge in [-0.2, -0.15) is 0 Å². The molecule has 0 aliphatic carbocycles. The van der Waals surface area contributed by atoms with Crippen LogP contribution in [0.4, 0.5) is 0 Å². The maximum atomic E-state index is 10.9. The zero-order chi connectivity index (χ0) is 28.0. The molecule has 0 amide bonds. The van der Waals surface area contributed by atoms with Gasteiger partial charge in [0.15, 0.2) is 0 Å². The van der Waals surface area contributed by atoms with Gasteiger partial charge in [0.25, 0.3) is 0 Å². The van der Waals surface area contributed by atoms with E-state index in [1.165, 1.54) is 154 Å². The van der Waals surface area contributed by atoms with Crippen molar-refractivity contribution >= 4 is 10.4 Å². The molecule has 228 valence electrons. The molecule has 0 aliphatic heterocycles. The summed E-state index contributed by atoms with van der Waals surface area (Å²) in [5.74, 6) is 0.0174. The topological polar surface area (TPSA) is 66.4 Å². The summed E-state index contributed by atoms with van der Waals surface area (Å²) in [6.45, 7) is 4.52. The van der Waals surface area contributed by atoms with Crippen molar-refractivity contribution in [3.63, 3.8) is 0 Å². The first-order valence-electron chi connectivity index (χ1n) is 16.8. The van der Waals surface area contributed by atoms with Crippen LogP contribution in [0.2, 0.25) is 0 Å².